The molecule has 0 amide bonds. The molecule has 1 fully saturated rings. The average molecular weight is 257 g/mol. The van der Waals surface area contributed by atoms with Gasteiger partial charge in [-0.1, -0.05) is 23.7 Å². The first-order valence-corrected chi connectivity index (χ1v) is 6.11. The third-order valence-electron chi connectivity index (χ3n) is 2.90. The summed E-state index contributed by atoms with van der Waals surface area (Å²) in [5.74, 6) is -0.493. The standard InChI is InChI=1S/C13H14ClFO2/c14-12-5-1-3-9(13(12)15)7-10(16)8-11-4-2-6-17-11/h1,3,5,11H,2,4,6-8H2. The molecule has 17 heavy (non-hydrogen) atoms. The minimum absolute atomic E-state index is 0.00179. The molecule has 1 aromatic carbocycles. The maximum Gasteiger partial charge on any atom is 0.145 e. The fraction of sp³-hybridized carbons (Fsp3) is 0.462. The molecule has 1 heterocycles. The molecule has 4 heteroatoms. The highest BCUT2D eigenvalue weighted by Gasteiger charge is 2.20. The van der Waals surface area contributed by atoms with Gasteiger partial charge in [0.05, 0.1) is 11.1 Å². The summed E-state index contributed by atoms with van der Waals surface area (Å²) in [7, 11) is 0. The van der Waals surface area contributed by atoms with E-state index < -0.39 is 5.82 Å². The molecular weight excluding hydrogens is 243 g/mol. The summed E-state index contributed by atoms with van der Waals surface area (Å²) < 4.78 is 18.9. The van der Waals surface area contributed by atoms with Crippen molar-refractivity contribution in [2.75, 3.05) is 6.61 Å². The first-order valence-electron chi connectivity index (χ1n) is 5.73. The number of benzene rings is 1. The molecule has 2 nitrogen and oxygen atoms in total. The second-order valence-corrected chi connectivity index (χ2v) is 4.67. The molecule has 1 aromatic rings. The van der Waals surface area contributed by atoms with Gasteiger partial charge < -0.3 is 4.74 Å². The highest BCUT2D eigenvalue weighted by molar-refractivity contribution is 6.30. The van der Waals surface area contributed by atoms with Gasteiger partial charge in [0.25, 0.3) is 0 Å². The zero-order chi connectivity index (χ0) is 12.3. The van der Waals surface area contributed by atoms with Gasteiger partial charge in [-0.25, -0.2) is 4.39 Å². The van der Waals surface area contributed by atoms with Crippen molar-refractivity contribution >= 4 is 17.4 Å². The number of halogens is 2. The number of carbonyl (C=O) groups excluding carboxylic acids is 1. The number of ketones is 1. The monoisotopic (exact) mass is 256 g/mol. The zero-order valence-corrected chi connectivity index (χ0v) is 10.2. The van der Waals surface area contributed by atoms with Crippen LogP contribution in [0.3, 0.4) is 0 Å². The molecule has 0 aliphatic carbocycles. The van der Waals surface area contributed by atoms with E-state index in [2.05, 4.69) is 0 Å². The quantitative estimate of drug-likeness (QED) is 0.827. The first kappa shape index (κ1) is 12.5. The second-order valence-electron chi connectivity index (χ2n) is 4.27. The van der Waals surface area contributed by atoms with Crippen LogP contribution in [-0.2, 0) is 16.0 Å². The minimum Gasteiger partial charge on any atom is -0.378 e. The van der Waals surface area contributed by atoms with Gasteiger partial charge in [-0.15, -0.1) is 0 Å². The molecule has 0 aromatic heterocycles. The Morgan fingerprint density at radius 2 is 2.35 bits per heavy atom. The molecule has 2 rings (SSSR count). The molecule has 1 atom stereocenters. The van der Waals surface area contributed by atoms with Crippen molar-refractivity contribution < 1.29 is 13.9 Å². The van der Waals surface area contributed by atoms with Gasteiger partial charge in [0, 0.05) is 19.4 Å². The Bertz CT molecular complexity index is 414. The van der Waals surface area contributed by atoms with Crippen LogP contribution >= 0.6 is 11.6 Å². The van der Waals surface area contributed by atoms with Crippen LogP contribution in [0.15, 0.2) is 18.2 Å². The van der Waals surface area contributed by atoms with Crippen LogP contribution in [0.25, 0.3) is 0 Å². The van der Waals surface area contributed by atoms with Gasteiger partial charge in [0.15, 0.2) is 0 Å². The van der Waals surface area contributed by atoms with E-state index in [-0.39, 0.29) is 23.3 Å². The van der Waals surface area contributed by atoms with E-state index in [9.17, 15) is 9.18 Å². The van der Waals surface area contributed by atoms with Gasteiger partial charge in [-0.3, -0.25) is 4.79 Å². The van der Waals surface area contributed by atoms with Gasteiger partial charge in [-0.05, 0) is 24.5 Å². The van der Waals surface area contributed by atoms with E-state index in [1.54, 1.807) is 12.1 Å². The SMILES string of the molecule is O=C(Cc1cccc(Cl)c1F)CC1CCCO1. The maximum absolute atomic E-state index is 13.6. The van der Waals surface area contributed by atoms with E-state index in [0.717, 1.165) is 19.4 Å². The van der Waals surface area contributed by atoms with Crippen LogP contribution in [0.2, 0.25) is 5.02 Å². The van der Waals surface area contributed by atoms with Gasteiger partial charge >= 0.3 is 0 Å². The second kappa shape index (κ2) is 5.61. The summed E-state index contributed by atoms with van der Waals surface area (Å²) >= 11 is 5.66. The van der Waals surface area contributed by atoms with E-state index in [1.165, 1.54) is 6.07 Å². The molecule has 1 saturated heterocycles. The number of carbonyl (C=O) groups is 1. The third-order valence-corrected chi connectivity index (χ3v) is 3.19. The Balaban J connectivity index is 1.95. The molecule has 0 bridgehead atoms. The van der Waals surface area contributed by atoms with Crippen molar-refractivity contribution in [1.29, 1.82) is 0 Å². The average Bonchev–Trinajstić information content (AvgIpc) is 2.77. The fourth-order valence-electron chi connectivity index (χ4n) is 2.03. The Hall–Kier alpha value is -0.930. The Morgan fingerprint density at radius 3 is 3.06 bits per heavy atom. The summed E-state index contributed by atoms with van der Waals surface area (Å²) in [4.78, 5) is 11.7. The van der Waals surface area contributed by atoms with E-state index in [1.807, 2.05) is 0 Å². The number of rotatable bonds is 4. The molecule has 1 aliphatic heterocycles. The number of ether oxygens (including phenoxy) is 1. The Kier molecular flexibility index (Phi) is 4.13. The molecule has 0 N–H and O–H groups in total. The first-order chi connectivity index (χ1) is 8.16. The van der Waals surface area contributed by atoms with E-state index in [4.69, 9.17) is 16.3 Å². The molecule has 1 unspecified atom stereocenters. The lowest BCUT2D eigenvalue weighted by atomic mass is 10.0. The highest BCUT2D eigenvalue weighted by Crippen LogP contribution is 2.20. The lowest BCUT2D eigenvalue weighted by Crippen LogP contribution is -2.14. The van der Waals surface area contributed by atoms with Crippen LogP contribution in [0.5, 0.6) is 0 Å². The van der Waals surface area contributed by atoms with E-state index in [0.29, 0.717) is 12.0 Å². The van der Waals surface area contributed by atoms with Crippen LogP contribution in [0.1, 0.15) is 24.8 Å². The summed E-state index contributed by atoms with van der Waals surface area (Å²) in [6, 6.07) is 4.72. The highest BCUT2D eigenvalue weighted by atomic mass is 35.5. The molecule has 1 aliphatic rings. The van der Waals surface area contributed by atoms with Crippen molar-refractivity contribution in [3.63, 3.8) is 0 Å². The fourth-order valence-corrected chi connectivity index (χ4v) is 2.22. The molecule has 0 radical (unpaired) electrons. The zero-order valence-electron chi connectivity index (χ0n) is 9.42. The third kappa shape index (κ3) is 3.27. The molecular formula is C13H14ClFO2. The smallest absolute Gasteiger partial charge is 0.145 e. The molecule has 92 valence electrons. The lowest BCUT2D eigenvalue weighted by Gasteiger charge is -2.08. The predicted octanol–water partition coefficient (Wildman–Crippen LogP) is 3.16. The van der Waals surface area contributed by atoms with Gasteiger partial charge in [-0.2, -0.15) is 0 Å². The number of hydrogen-bond acceptors (Lipinski definition) is 2. The van der Waals surface area contributed by atoms with Crippen LogP contribution in [0.4, 0.5) is 4.39 Å². The summed E-state index contributed by atoms with van der Waals surface area (Å²) in [6.07, 6.45) is 2.40. The summed E-state index contributed by atoms with van der Waals surface area (Å²) in [5, 5.41) is 0.0624. The van der Waals surface area contributed by atoms with Crippen molar-refractivity contribution in [2.24, 2.45) is 0 Å². The summed E-state index contributed by atoms with van der Waals surface area (Å²) in [5.41, 5.74) is 0.362. The van der Waals surface area contributed by atoms with Crippen molar-refractivity contribution in [3.8, 4) is 0 Å². The van der Waals surface area contributed by atoms with Crippen molar-refractivity contribution in [2.45, 2.75) is 31.8 Å². The number of Topliss-reactive ketones (excluding diaryl/α,β-unsaturated/α-hetero) is 1. The van der Waals surface area contributed by atoms with Crippen LogP contribution in [-0.4, -0.2) is 18.5 Å². The predicted molar refractivity (Wildman–Crippen MR) is 63.7 cm³/mol. The lowest BCUT2D eigenvalue weighted by molar-refractivity contribution is -0.120. The summed E-state index contributed by atoms with van der Waals surface area (Å²) in [6.45, 7) is 0.726. The minimum atomic E-state index is -0.491. The maximum atomic E-state index is 13.6. The van der Waals surface area contributed by atoms with E-state index >= 15 is 0 Å². The van der Waals surface area contributed by atoms with Gasteiger partial charge in [0.2, 0.25) is 0 Å². The van der Waals surface area contributed by atoms with Crippen molar-refractivity contribution in [3.05, 3.63) is 34.6 Å². The van der Waals surface area contributed by atoms with Crippen LogP contribution in [0, 0.1) is 5.82 Å². The Labute approximate surface area is 105 Å². The molecule has 0 spiro atoms. The van der Waals surface area contributed by atoms with Crippen molar-refractivity contribution in [1.82, 2.24) is 0 Å². The Morgan fingerprint density at radius 1 is 1.53 bits per heavy atom. The largest absolute Gasteiger partial charge is 0.378 e. The van der Waals surface area contributed by atoms with Crippen LogP contribution < -0.4 is 0 Å². The normalized spacial score (nSPS) is 19.5. The molecule has 0 saturated carbocycles. The van der Waals surface area contributed by atoms with Gasteiger partial charge in [0.1, 0.15) is 11.6 Å². The number of hydrogen-bond donors (Lipinski definition) is 0. The topological polar surface area (TPSA) is 26.3 Å².